The lowest BCUT2D eigenvalue weighted by Gasteiger charge is -2.12. The number of benzene rings is 3. The monoisotopic (exact) mass is 366 g/mol. The van der Waals surface area contributed by atoms with Gasteiger partial charge in [0, 0.05) is 23.4 Å². The average molecular weight is 366 g/mol. The molecule has 0 radical (unpaired) electrons. The van der Waals surface area contributed by atoms with E-state index >= 15 is 0 Å². The van der Waals surface area contributed by atoms with Crippen LogP contribution >= 0.6 is 0 Å². The van der Waals surface area contributed by atoms with E-state index in [0.29, 0.717) is 25.2 Å². The minimum Gasteiger partial charge on any atom is -0.423 e. The van der Waals surface area contributed by atoms with Crippen LogP contribution in [0.15, 0.2) is 55.1 Å². The van der Waals surface area contributed by atoms with Gasteiger partial charge in [0.05, 0.1) is 6.61 Å². The first-order valence-corrected chi connectivity index (χ1v) is 8.97. The van der Waals surface area contributed by atoms with Crippen molar-refractivity contribution >= 4 is 33.2 Å². The Balaban J connectivity index is 1.92. The number of ether oxygens (including phenoxy) is 2. The summed E-state index contributed by atoms with van der Waals surface area (Å²) >= 11 is 0. The van der Waals surface area contributed by atoms with Crippen LogP contribution in [0, 0.1) is 0 Å². The third-order valence-corrected chi connectivity index (χ3v) is 4.61. The van der Waals surface area contributed by atoms with Gasteiger partial charge in [-0.3, -0.25) is 0 Å². The Bertz CT molecular complexity index is 996. The number of carbonyl (C=O) groups excluding carboxylic acids is 1. The Morgan fingerprint density at radius 3 is 2.67 bits per heavy atom. The molecule has 5 nitrogen and oxygen atoms in total. The summed E-state index contributed by atoms with van der Waals surface area (Å²) in [5.41, 5.74) is 6.31. The second-order valence-corrected chi connectivity index (χ2v) is 6.36. The lowest BCUT2D eigenvalue weighted by molar-refractivity contribution is -0.253. The van der Waals surface area contributed by atoms with Crippen molar-refractivity contribution in [2.24, 2.45) is 0 Å². The van der Waals surface area contributed by atoms with Crippen LogP contribution in [-0.2, 0) is 16.0 Å². The Kier molecular flexibility index (Phi) is 5.86. The maximum absolute atomic E-state index is 11.4. The maximum Gasteiger partial charge on any atom is 0.335 e. The Morgan fingerprint density at radius 2 is 1.93 bits per heavy atom. The van der Waals surface area contributed by atoms with Gasteiger partial charge >= 0.3 is 5.97 Å². The van der Waals surface area contributed by atoms with E-state index in [1.54, 1.807) is 6.07 Å². The topological polar surface area (TPSA) is 83.4 Å². The summed E-state index contributed by atoms with van der Waals surface area (Å²) in [6.45, 7) is 5.74. The van der Waals surface area contributed by atoms with Gasteiger partial charge in [0.1, 0.15) is 11.4 Å². The van der Waals surface area contributed by atoms with Crippen LogP contribution in [0.2, 0.25) is 0 Å². The second-order valence-electron chi connectivity index (χ2n) is 6.36. The first-order valence-electron chi connectivity index (χ1n) is 8.97. The molecule has 4 N–H and O–H groups in total. The molecule has 3 aromatic rings. The lowest BCUT2D eigenvalue weighted by atomic mass is 9.97. The van der Waals surface area contributed by atoms with Crippen LogP contribution in [-0.4, -0.2) is 24.0 Å². The first kappa shape index (κ1) is 19.0. The van der Waals surface area contributed by atoms with Crippen LogP contribution in [0.5, 0.6) is 5.75 Å². The first-order chi connectivity index (χ1) is 13.0. The molecule has 0 bridgehead atoms. The van der Waals surface area contributed by atoms with Gasteiger partial charge in [-0.05, 0) is 40.8 Å². The molecule has 0 fully saturated rings. The maximum atomic E-state index is 11.4. The van der Waals surface area contributed by atoms with Crippen LogP contribution in [0.25, 0.3) is 21.5 Å². The van der Waals surface area contributed by atoms with Gasteiger partial charge in [-0.1, -0.05) is 37.8 Å². The fourth-order valence-electron chi connectivity index (χ4n) is 3.11. The molecule has 3 aromatic carbocycles. The van der Waals surface area contributed by atoms with Gasteiger partial charge in [0.15, 0.2) is 6.29 Å². The van der Waals surface area contributed by atoms with E-state index in [1.807, 2.05) is 31.2 Å². The quantitative estimate of drug-likeness (QED) is 0.221. The van der Waals surface area contributed by atoms with E-state index in [-0.39, 0.29) is 0 Å². The fraction of sp³-hybridized carbons (Fsp3) is 0.227. The molecule has 0 saturated heterocycles. The number of aliphatic hydroxyl groups is 1. The Labute approximate surface area is 158 Å². The number of esters is 1. The van der Waals surface area contributed by atoms with Crippen LogP contribution in [0.1, 0.15) is 18.9 Å². The smallest absolute Gasteiger partial charge is 0.335 e. The van der Waals surface area contributed by atoms with Crippen molar-refractivity contribution in [2.45, 2.75) is 26.1 Å². The second kappa shape index (κ2) is 8.31. The third kappa shape index (κ3) is 4.17. The molecule has 0 aromatic heterocycles. The van der Waals surface area contributed by atoms with Gasteiger partial charge in [-0.2, -0.15) is 0 Å². The molecular weight excluding hydrogens is 342 g/mol. The standard InChI is InChI=1S/C22H23NO4/c1-3-20(24)26-12-11-14-5-8-18-17-10-7-16(27-21(25)4-2)13-15(17)6-9-19(18)22(14)23/h4-10,13,20,24H,2-3,11-12,23H2,1H3/p+1. The molecule has 0 spiro atoms. The number of aliphatic hydroxyl groups excluding tert-OH is 1. The summed E-state index contributed by atoms with van der Waals surface area (Å²) in [5.74, 6) is 0.0140. The zero-order valence-corrected chi connectivity index (χ0v) is 15.4. The molecule has 0 aliphatic heterocycles. The van der Waals surface area contributed by atoms with Gasteiger partial charge < -0.3 is 20.3 Å². The van der Waals surface area contributed by atoms with Gasteiger partial charge in [0.25, 0.3) is 0 Å². The molecule has 3 rings (SSSR count). The molecule has 0 amide bonds. The van der Waals surface area contributed by atoms with E-state index in [2.05, 4.69) is 24.4 Å². The van der Waals surface area contributed by atoms with Crippen LogP contribution in [0.4, 0.5) is 5.69 Å². The lowest BCUT2D eigenvalue weighted by Crippen LogP contribution is -2.42. The van der Waals surface area contributed by atoms with Crippen molar-refractivity contribution < 1.29 is 25.1 Å². The van der Waals surface area contributed by atoms with Crippen LogP contribution < -0.4 is 10.5 Å². The summed E-state index contributed by atoms with van der Waals surface area (Å²) in [5, 5.41) is 13.7. The number of hydrogen-bond acceptors (Lipinski definition) is 4. The summed E-state index contributed by atoms with van der Waals surface area (Å²) in [6, 6.07) is 13.7. The Hall–Kier alpha value is -2.73. The number of fused-ring (bicyclic) bond motifs is 3. The molecule has 5 heteroatoms. The van der Waals surface area contributed by atoms with Gasteiger partial charge in [-0.25, -0.2) is 4.79 Å². The Morgan fingerprint density at radius 1 is 1.19 bits per heavy atom. The zero-order chi connectivity index (χ0) is 19.4. The highest BCUT2D eigenvalue weighted by Gasteiger charge is 2.12. The summed E-state index contributed by atoms with van der Waals surface area (Å²) in [7, 11) is 0. The van der Waals surface area contributed by atoms with Gasteiger partial charge in [-0.15, -0.1) is 0 Å². The molecule has 0 heterocycles. The van der Waals surface area contributed by atoms with E-state index in [0.717, 1.165) is 38.9 Å². The molecule has 27 heavy (non-hydrogen) atoms. The number of hydrogen-bond donors (Lipinski definition) is 2. The van der Waals surface area contributed by atoms with Crippen molar-refractivity contribution in [1.82, 2.24) is 0 Å². The predicted octanol–water partition coefficient (Wildman–Crippen LogP) is 3.25. The molecule has 1 atom stereocenters. The average Bonchev–Trinajstić information content (AvgIpc) is 2.68. The van der Waals surface area contributed by atoms with Crippen molar-refractivity contribution in [2.75, 3.05) is 6.61 Å². The van der Waals surface area contributed by atoms with E-state index in [9.17, 15) is 9.90 Å². The fourth-order valence-corrected chi connectivity index (χ4v) is 3.11. The molecular formula is C22H24NO4+. The van der Waals surface area contributed by atoms with Crippen molar-refractivity contribution in [1.29, 1.82) is 0 Å². The van der Waals surface area contributed by atoms with E-state index < -0.39 is 12.3 Å². The zero-order valence-electron chi connectivity index (χ0n) is 15.4. The van der Waals surface area contributed by atoms with Crippen molar-refractivity contribution in [3.05, 3.63) is 60.7 Å². The third-order valence-electron chi connectivity index (χ3n) is 4.61. The van der Waals surface area contributed by atoms with E-state index in [4.69, 9.17) is 9.47 Å². The van der Waals surface area contributed by atoms with Gasteiger partial charge in [0.2, 0.25) is 0 Å². The summed E-state index contributed by atoms with van der Waals surface area (Å²) in [4.78, 5) is 11.4. The summed E-state index contributed by atoms with van der Waals surface area (Å²) in [6.07, 6.45) is 1.70. The molecule has 0 aliphatic rings. The highest BCUT2D eigenvalue weighted by Crippen LogP contribution is 2.32. The molecule has 0 saturated carbocycles. The van der Waals surface area contributed by atoms with Crippen molar-refractivity contribution in [3.63, 3.8) is 0 Å². The minimum absolute atomic E-state index is 0.453. The number of quaternary nitrogens is 1. The SMILES string of the molecule is C=CC(=O)Oc1ccc2c(ccc3c([NH3+])c(CCOC(O)CC)ccc32)c1. The molecule has 0 aliphatic carbocycles. The molecule has 140 valence electrons. The highest BCUT2D eigenvalue weighted by molar-refractivity contribution is 6.11. The van der Waals surface area contributed by atoms with Crippen LogP contribution in [0.3, 0.4) is 0 Å². The minimum atomic E-state index is -0.716. The number of rotatable bonds is 7. The summed E-state index contributed by atoms with van der Waals surface area (Å²) < 4.78 is 10.6. The van der Waals surface area contributed by atoms with Crippen molar-refractivity contribution in [3.8, 4) is 5.75 Å². The number of carbonyl (C=O) groups is 1. The predicted molar refractivity (Wildman–Crippen MR) is 106 cm³/mol. The van der Waals surface area contributed by atoms with E-state index in [1.165, 1.54) is 0 Å². The normalized spacial score (nSPS) is 12.3. The highest BCUT2D eigenvalue weighted by atomic mass is 16.6. The molecule has 1 unspecified atom stereocenters. The largest absolute Gasteiger partial charge is 0.423 e.